The predicted octanol–water partition coefficient (Wildman–Crippen LogP) is 2.54. The summed E-state index contributed by atoms with van der Waals surface area (Å²) in [5.41, 5.74) is 1.35. The third kappa shape index (κ3) is 5.77. The second-order valence-corrected chi connectivity index (χ2v) is 5.87. The molecule has 1 heterocycles. The van der Waals surface area contributed by atoms with E-state index in [1.54, 1.807) is 18.1 Å². The molecule has 1 aromatic carbocycles. The summed E-state index contributed by atoms with van der Waals surface area (Å²) in [6.07, 6.45) is 1.55. The molecule has 0 bridgehead atoms. The average Bonchev–Trinajstić information content (AvgIpc) is 2.96. The maximum Gasteiger partial charge on any atom is 0.191 e. The second-order valence-electron chi connectivity index (χ2n) is 5.87. The van der Waals surface area contributed by atoms with Crippen LogP contribution in [0, 0.1) is 5.92 Å². The molecule has 1 aromatic heterocycles. The number of hydrogen-bond donors (Lipinski definition) is 2. The minimum Gasteiger partial charge on any atom is -0.356 e. The van der Waals surface area contributed by atoms with Crippen molar-refractivity contribution in [3.63, 3.8) is 0 Å². The molecular weight excluding hydrogens is 415 g/mol. The quantitative estimate of drug-likeness (QED) is 0.410. The first kappa shape index (κ1) is 20.4. The van der Waals surface area contributed by atoms with Crippen molar-refractivity contribution in [2.75, 3.05) is 13.6 Å². The van der Waals surface area contributed by atoms with Crippen molar-refractivity contribution in [1.82, 2.24) is 25.4 Å². The molecule has 7 heteroatoms. The molecule has 0 spiro atoms. The fourth-order valence-electron chi connectivity index (χ4n) is 2.51. The fourth-order valence-corrected chi connectivity index (χ4v) is 2.51. The van der Waals surface area contributed by atoms with Crippen LogP contribution in [-0.4, -0.2) is 34.3 Å². The van der Waals surface area contributed by atoms with Gasteiger partial charge in [-0.1, -0.05) is 44.2 Å². The van der Waals surface area contributed by atoms with Crippen LogP contribution in [0.25, 0.3) is 0 Å². The molecule has 0 radical (unpaired) electrons. The first-order valence-corrected chi connectivity index (χ1v) is 7.94. The lowest BCUT2D eigenvalue weighted by atomic mass is 9.88. The van der Waals surface area contributed by atoms with Crippen LogP contribution in [0.15, 0.2) is 41.7 Å². The van der Waals surface area contributed by atoms with Crippen molar-refractivity contribution in [3.8, 4) is 0 Å². The van der Waals surface area contributed by atoms with Gasteiger partial charge in [0.1, 0.15) is 12.2 Å². The van der Waals surface area contributed by atoms with Gasteiger partial charge < -0.3 is 10.6 Å². The first-order valence-electron chi connectivity index (χ1n) is 7.94. The minimum atomic E-state index is 0. The molecule has 2 N–H and O–H groups in total. The Bertz CT molecular complexity index is 623. The van der Waals surface area contributed by atoms with Gasteiger partial charge in [0, 0.05) is 26.6 Å². The van der Waals surface area contributed by atoms with Crippen LogP contribution < -0.4 is 10.6 Å². The zero-order valence-electron chi connectivity index (χ0n) is 14.7. The summed E-state index contributed by atoms with van der Waals surface area (Å²) < 4.78 is 1.75. The summed E-state index contributed by atoms with van der Waals surface area (Å²) in [5, 5.41) is 10.7. The molecule has 0 saturated carbocycles. The Morgan fingerprint density at radius 3 is 2.46 bits per heavy atom. The summed E-state index contributed by atoms with van der Waals surface area (Å²) >= 11 is 0. The molecule has 0 amide bonds. The summed E-state index contributed by atoms with van der Waals surface area (Å²) in [6, 6.07) is 10.6. The average molecular weight is 442 g/mol. The highest BCUT2D eigenvalue weighted by atomic mass is 127. The molecule has 0 aliphatic carbocycles. The number of hydrogen-bond acceptors (Lipinski definition) is 3. The molecule has 0 fully saturated rings. The number of benzene rings is 1. The van der Waals surface area contributed by atoms with E-state index in [4.69, 9.17) is 0 Å². The lowest BCUT2D eigenvalue weighted by Gasteiger charge is -2.23. The van der Waals surface area contributed by atoms with Gasteiger partial charge in [-0.2, -0.15) is 5.10 Å². The Balaban J connectivity index is 0.00000288. The van der Waals surface area contributed by atoms with E-state index in [0.29, 0.717) is 18.4 Å². The normalized spacial score (nSPS) is 12.6. The topological polar surface area (TPSA) is 67.1 Å². The molecule has 6 nitrogen and oxygen atoms in total. The fraction of sp³-hybridized carbons (Fsp3) is 0.471. The van der Waals surface area contributed by atoms with Gasteiger partial charge in [0.05, 0.1) is 6.54 Å². The molecule has 24 heavy (non-hydrogen) atoms. The summed E-state index contributed by atoms with van der Waals surface area (Å²) in [5.74, 6) is 2.62. The summed E-state index contributed by atoms with van der Waals surface area (Å²) in [7, 11) is 3.66. The first-order chi connectivity index (χ1) is 11.1. The number of aliphatic imine (C=N–C) groups is 1. The van der Waals surface area contributed by atoms with Gasteiger partial charge in [0.15, 0.2) is 5.96 Å². The SMILES string of the molecule is CN=C(NCc1ncnn1C)NCC(c1ccccc1)C(C)C.I. The second kappa shape index (κ2) is 10.3. The van der Waals surface area contributed by atoms with Crippen molar-refractivity contribution in [3.05, 3.63) is 48.0 Å². The Labute approximate surface area is 161 Å². The lowest BCUT2D eigenvalue weighted by Crippen LogP contribution is -2.40. The van der Waals surface area contributed by atoms with Crippen LogP contribution >= 0.6 is 24.0 Å². The largest absolute Gasteiger partial charge is 0.356 e. The molecule has 1 atom stereocenters. The standard InChI is InChI=1S/C17H26N6.HI/c1-13(2)15(14-8-6-5-7-9-14)10-19-17(18-3)20-11-16-21-12-22-23(16)4;/h5-9,12-13,15H,10-11H2,1-4H3,(H2,18,19,20);1H. The van der Waals surface area contributed by atoms with E-state index >= 15 is 0 Å². The van der Waals surface area contributed by atoms with E-state index < -0.39 is 0 Å². The van der Waals surface area contributed by atoms with Gasteiger partial charge in [-0.25, -0.2) is 4.98 Å². The predicted molar refractivity (Wildman–Crippen MR) is 109 cm³/mol. The van der Waals surface area contributed by atoms with Crippen LogP contribution in [-0.2, 0) is 13.6 Å². The van der Waals surface area contributed by atoms with Crippen molar-refractivity contribution < 1.29 is 0 Å². The third-order valence-electron chi connectivity index (χ3n) is 3.96. The maximum absolute atomic E-state index is 4.28. The summed E-state index contributed by atoms with van der Waals surface area (Å²) in [6.45, 7) is 5.91. The van der Waals surface area contributed by atoms with Gasteiger partial charge >= 0.3 is 0 Å². The zero-order valence-corrected chi connectivity index (χ0v) is 17.1. The van der Waals surface area contributed by atoms with E-state index in [-0.39, 0.29) is 24.0 Å². The van der Waals surface area contributed by atoms with Gasteiger partial charge in [0.2, 0.25) is 0 Å². The van der Waals surface area contributed by atoms with Gasteiger partial charge in [-0.05, 0) is 11.5 Å². The van der Waals surface area contributed by atoms with E-state index in [0.717, 1.165) is 18.3 Å². The smallest absolute Gasteiger partial charge is 0.191 e. The lowest BCUT2D eigenvalue weighted by molar-refractivity contribution is 0.487. The highest BCUT2D eigenvalue weighted by Gasteiger charge is 2.16. The number of nitrogens with one attached hydrogen (secondary N) is 2. The molecule has 0 aliphatic heterocycles. The number of nitrogens with zero attached hydrogens (tertiary/aromatic N) is 4. The highest BCUT2D eigenvalue weighted by molar-refractivity contribution is 14.0. The molecule has 2 aromatic rings. The number of guanidine groups is 1. The van der Waals surface area contributed by atoms with E-state index in [9.17, 15) is 0 Å². The molecular formula is C17H27IN6. The number of rotatable bonds is 6. The molecule has 2 rings (SSSR count). The van der Waals surface area contributed by atoms with E-state index in [1.165, 1.54) is 5.56 Å². The number of aromatic nitrogens is 3. The molecule has 1 unspecified atom stereocenters. The Morgan fingerprint density at radius 1 is 1.21 bits per heavy atom. The van der Waals surface area contributed by atoms with Gasteiger partial charge in [-0.3, -0.25) is 9.67 Å². The maximum atomic E-state index is 4.28. The van der Waals surface area contributed by atoms with Gasteiger partial charge in [0.25, 0.3) is 0 Å². The van der Waals surface area contributed by atoms with Crippen LogP contribution in [0.1, 0.15) is 31.2 Å². The third-order valence-corrected chi connectivity index (χ3v) is 3.96. The van der Waals surface area contributed by atoms with Crippen LogP contribution in [0.4, 0.5) is 0 Å². The zero-order chi connectivity index (χ0) is 16.7. The Kier molecular flexibility index (Phi) is 8.73. The van der Waals surface area contributed by atoms with Crippen molar-refractivity contribution >= 4 is 29.9 Å². The van der Waals surface area contributed by atoms with Crippen molar-refractivity contribution in [2.24, 2.45) is 18.0 Å². The molecule has 0 aliphatic rings. The highest BCUT2D eigenvalue weighted by Crippen LogP contribution is 2.23. The van der Waals surface area contributed by atoms with Gasteiger partial charge in [-0.15, -0.1) is 24.0 Å². The van der Waals surface area contributed by atoms with Crippen LogP contribution in [0.5, 0.6) is 0 Å². The number of aryl methyl sites for hydroxylation is 1. The molecule has 0 saturated heterocycles. The molecule has 132 valence electrons. The van der Waals surface area contributed by atoms with Crippen molar-refractivity contribution in [2.45, 2.75) is 26.3 Å². The van der Waals surface area contributed by atoms with Crippen LogP contribution in [0.3, 0.4) is 0 Å². The minimum absolute atomic E-state index is 0. The van der Waals surface area contributed by atoms with E-state index in [2.05, 4.69) is 69.9 Å². The summed E-state index contributed by atoms with van der Waals surface area (Å²) in [4.78, 5) is 8.48. The van der Waals surface area contributed by atoms with E-state index in [1.807, 2.05) is 7.05 Å². The monoisotopic (exact) mass is 442 g/mol. The number of halogens is 1. The van der Waals surface area contributed by atoms with Crippen LogP contribution in [0.2, 0.25) is 0 Å². The van der Waals surface area contributed by atoms with Crippen molar-refractivity contribution in [1.29, 1.82) is 0 Å². The Morgan fingerprint density at radius 2 is 1.92 bits per heavy atom. The Hall–Kier alpha value is -1.64.